The first-order valence-corrected chi connectivity index (χ1v) is 6.88. The minimum absolute atomic E-state index is 0.334. The maximum absolute atomic E-state index is 10.5. The Labute approximate surface area is 114 Å². The minimum Gasteiger partial charge on any atom is -0.504 e. The third kappa shape index (κ3) is 2.80. The fraction of sp³-hybridized carbons (Fsp3) is 0.438. The second-order valence-corrected chi connectivity index (χ2v) is 5.43. The van der Waals surface area contributed by atoms with Gasteiger partial charge in [0.1, 0.15) is 11.4 Å². The third-order valence-corrected chi connectivity index (χ3v) is 3.19. The monoisotopic (exact) mass is 258 g/mol. The van der Waals surface area contributed by atoms with E-state index in [0.29, 0.717) is 11.7 Å². The van der Waals surface area contributed by atoms with Crippen LogP contribution in [-0.4, -0.2) is 14.9 Å². The topological polar surface area (TPSA) is 38.0 Å². The summed E-state index contributed by atoms with van der Waals surface area (Å²) in [7, 11) is 0. The van der Waals surface area contributed by atoms with Crippen molar-refractivity contribution in [3.8, 4) is 17.0 Å². The highest BCUT2D eigenvalue weighted by atomic mass is 16.3. The Morgan fingerprint density at radius 2 is 2.05 bits per heavy atom. The van der Waals surface area contributed by atoms with Gasteiger partial charge in [0.25, 0.3) is 0 Å². The molecule has 0 unspecified atom stereocenters. The highest BCUT2D eigenvalue weighted by Crippen LogP contribution is 2.33. The molecule has 1 aromatic heterocycles. The second-order valence-electron chi connectivity index (χ2n) is 5.43. The summed E-state index contributed by atoms with van der Waals surface area (Å²) in [6.07, 6.45) is 0.803. The fourth-order valence-corrected chi connectivity index (χ4v) is 2.33. The van der Waals surface area contributed by atoms with Crippen LogP contribution < -0.4 is 0 Å². The van der Waals surface area contributed by atoms with E-state index in [-0.39, 0.29) is 0 Å². The molecule has 3 nitrogen and oxygen atoms in total. The zero-order valence-corrected chi connectivity index (χ0v) is 12.1. The van der Waals surface area contributed by atoms with Crippen LogP contribution in [-0.2, 0) is 13.0 Å². The van der Waals surface area contributed by atoms with Crippen LogP contribution >= 0.6 is 0 Å². The highest BCUT2D eigenvalue weighted by Gasteiger charge is 2.18. The van der Waals surface area contributed by atoms with Gasteiger partial charge in [0.2, 0.25) is 0 Å². The number of aromatic hydroxyl groups is 1. The molecule has 0 amide bonds. The van der Waals surface area contributed by atoms with Gasteiger partial charge in [-0.15, -0.1) is 0 Å². The predicted octanol–water partition coefficient (Wildman–Crippen LogP) is 3.78. The first-order chi connectivity index (χ1) is 9.02. The van der Waals surface area contributed by atoms with Crippen molar-refractivity contribution in [2.45, 2.75) is 40.7 Å². The Morgan fingerprint density at radius 3 is 2.63 bits per heavy atom. The van der Waals surface area contributed by atoms with Gasteiger partial charge in [0.15, 0.2) is 5.75 Å². The minimum atomic E-state index is 0.334. The van der Waals surface area contributed by atoms with Crippen molar-refractivity contribution in [2.24, 2.45) is 5.92 Å². The normalized spacial score (nSPS) is 11.2. The fourth-order valence-electron chi connectivity index (χ4n) is 2.33. The molecule has 0 atom stereocenters. The molecule has 0 radical (unpaired) electrons. The lowest BCUT2D eigenvalue weighted by atomic mass is 10.0. The molecule has 0 saturated carbocycles. The molecule has 1 aromatic carbocycles. The van der Waals surface area contributed by atoms with Crippen LogP contribution in [0.15, 0.2) is 24.3 Å². The van der Waals surface area contributed by atoms with E-state index in [9.17, 15) is 5.11 Å². The molecule has 0 saturated heterocycles. The molecule has 2 aromatic rings. The maximum atomic E-state index is 10.5. The van der Waals surface area contributed by atoms with E-state index in [1.54, 1.807) is 0 Å². The Bertz CT molecular complexity index is 570. The lowest BCUT2D eigenvalue weighted by Crippen LogP contribution is -2.01. The average Bonchev–Trinajstić information content (AvgIpc) is 2.65. The SMILES string of the molecule is CCn1nc(CC(C)C)c(O)c1-c1cccc(C)c1. The van der Waals surface area contributed by atoms with Crippen molar-refractivity contribution in [1.82, 2.24) is 9.78 Å². The molecule has 1 N–H and O–H groups in total. The van der Waals surface area contributed by atoms with Crippen molar-refractivity contribution in [3.05, 3.63) is 35.5 Å². The summed E-state index contributed by atoms with van der Waals surface area (Å²) in [6, 6.07) is 8.18. The molecule has 102 valence electrons. The third-order valence-electron chi connectivity index (χ3n) is 3.19. The second kappa shape index (κ2) is 5.47. The van der Waals surface area contributed by atoms with E-state index in [4.69, 9.17) is 0 Å². The first-order valence-electron chi connectivity index (χ1n) is 6.88. The number of aryl methyl sites for hydroxylation is 2. The quantitative estimate of drug-likeness (QED) is 0.906. The van der Waals surface area contributed by atoms with Crippen molar-refractivity contribution >= 4 is 0 Å². The summed E-state index contributed by atoms with van der Waals surface area (Å²) in [5.41, 5.74) is 3.85. The maximum Gasteiger partial charge on any atom is 0.164 e. The standard InChI is InChI=1S/C16H22N2O/c1-5-18-15(13-8-6-7-12(4)10-13)16(19)14(17-18)9-11(2)3/h6-8,10-11,19H,5,9H2,1-4H3. The summed E-state index contributed by atoms with van der Waals surface area (Å²) >= 11 is 0. The number of benzene rings is 1. The molecule has 0 aliphatic rings. The van der Waals surface area contributed by atoms with Crippen LogP contribution in [0.2, 0.25) is 0 Å². The van der Waals surface area contributed by atoms with Crippen molar-refractivity contribution in [2.75, 3.05) is 0 Å². The largest absolute Gasteiger partial charge is 0.504 e. The van der Waals surface area contributed by atoms with Crippen LogP contribution in [0.3, 0.4) is 0 Å². The van der Waals surface area contributed by atoms with E-state index >= 15 is 0 Å². The van der Waals surface area contributed by atoms with Crippen LogP contribution in [0, 0.1) is 12.8 Å². The molecular formula is C16H22N2O. The van der Waals surface area contributed by atoms with Gasteiger partial charge in [-0.05, 0) is 32.3 Å². The zero-order valence-electron chi connectivity index (χ0n) is 12.1. The zero-order chi connectivity index (χ0) is 14.0. The van der Waals surface area contributed by atoms with E-state index in [1.807, 2.05) is 23.7 Å². The molecule has 1 heterocycles. The van der Waals surface area contributed by atoms with Gasteiger partial charge in [-0.1, -0.05) is 37.6 Å². The van der Waals surface area contributed by atoms with Gasteiger partial charge < -0.3 is 5.11 Å². The number of hydrogen-bond acceptors (Lipinski definition) is 2. The average molecular weight is 258 g/mol. The molecule has 0 aliphatic heterocycles. The van der Waals surface area contributed by atoms with Gasteiger partial charge >= 0.3 is 0 Å². The molecule has 0 aliphatic carbocycles. The van der Waals surface area contributed by atoms with Crippen molar-refractivity contribution < 1.29 is 5.11 Å². The molecule has 3 heteroatoms. The Morgan fingerprint density at radius 1 is 1.32 bits per heavy atom. The van der Waals surface area contributed by atoms with Crippen molar-refractivity contribution in [1.29, 1.82) is 0 Å². The van der Waals surface area contributed by atoms with E-state index in [1.165, 1.54) is 5.56 Å². The molecule has 0 bridgehead atoms. The van der Waals surface area contributed by atoms with Gasteiger partial charge in [-0.2, -0.15) is 5.10 Å². The summed E-state index contributed by atoms with van der Waals surface area (Å²) in [4.78, 5) is 0. The number of hydrogen-bond donors (Lipinski definition) is 1. The van der Waals surface area contributed by atoms with E-state index < -0.39 is 0 Å². The predicted molar refractivity (Wildman–Crippen MR) is 78.3 cm³/mol. The summed E-state index contributed by atoms with van der Waals surface area (Å²) in [5, 5.41) is 15.0. The van der Waals surface area contributed by atoms with Crippen LogP contribution in [0.5, 0.6) is 5.75 Å². The number of aromatic nitrogens is 2. The number of rotatable bonds is 4. The molecular weight excluding hydrogens is 236 g/mol. The Kier molecular flexibility index (Phi) is 3.93. The lowest BCUT2D eigenvalue weighted by Gasteiger charge is -2.06. The van der Waals surface area contributed by atoms with Gasteiger partial charge in [-0.3, -0.25) is 4.68 Å². The molecule has 0 fully saturated rings. The Balaban J connectivity index is 2.52. The van der Waals surface area contributed by atoms with E-state index in [0.717, 1.165) is 29.9 Å². The molecule has 0 spiro atoms. The van der Waals surface area contributed by atoms with Crippen LogP contribution in [0.4, 0.5) is 0 Å². The van der Waals surface area contributed by atoms with Gasteiger partial charge in [-0.25, -0.2) is 0 Å². The van der Waals surface area contributed by atoms with Crippen LogP contribution in [0.25, 0.3) is 11.3 Å². The smallest absolute Gasteiger partial charge is 0.164 e. The number of nitrogens with zero attached hydrogens (tertiary/aromatic N) is 2. The molecule has 19 heavy (non-hydrogen) atoms. The lowest BCUT2D eigenvalue weighted by molar-refractivity contribution is 0.464. The van der Waals surface area contributed by atoms with Gasteiger partial charge in [0.05, 0.1) is 0 Å². The highest BCUT2D eigenvalue weighted by molar-refractivity contribution is 5.68. The molecule has 2 rings (SSSR count). The Hall–Kier alpha value is -1.77. The summed E-state index contributed by atoms with van der Waals surface area (Å²) in [6.45, 7) is 9.13. The van der Waals surface area contributed by atoms with E-state index in [2.05, 4.69) is 38.0 Å². The summed E-state index contributed by atoms with van der Waals surface area (Å²) in [5.74, 6) is 0.817. The van der Waals surface area contributed by atoms with Crippen LogP contribution in [0.1, 0.15) is 32.0 Å². The summed E-state index contributed by atoms with van der Waals surface area (Å²) < 4.78 is 1.89. The van der Waals surface area contributed by atoms with Crippen molar-refractivity contribution in [3.63, 3.8) is 0 Å². The first kappa shape index (κ1) is 13.7. The van der Waals surface area contributed by atoms with Gasteiger partial charge in [0, 0.05) is 12.1 Å².